The zero-order valence-electron chi connectivity index (χ0n) is 10.4. The molecule has 0 amide bonds. The Balaban J connectivity index is 2.13. The van der Waals surface area contributed by atoms with Crippen molar-refractivity contribution in [1.82, 2.24) is 0 Å². The Morgan fingerprint density at radius 2 is 2.24 bits per heavy atom. The molecule has 0 N–H and O–H groups in total. The highest BCUT2D eigenvalue weighted by molar-refractivity contribution is 5.94. The number of ether oxygens (including phenoxy) is 1. The van der Waals surface area contributed by atoms with Crippen LogP contribution >= 0.6 is 0 Å². The molecular formula is C15H18O2. The number of hydrogen-bond acceptors (Lipinski definition) is 2. The van der Waals surface area contributed by atoms with Gasteiger partial charge in [0.15, 0.2) is 5.78 Å². The predicted molar refractivity (Wildman–Crippen MR) is 68.6 cm³/mol. The Bertz CT molecular complexity index is 446. The minimum atomic E-state index is 0.0946. The second-order valence-electron chi connectivity index (χ2n) is 4.55. The number of benzene rings is 1. The van der Waals surface area contributed by atoms with Gasteiger partial charge in [0.2, 0.25) is 0 Å². The first-order valence-corrected chi connectivity index (χ1v) is 6.12. The molecule has 0 fully saturated rings. The van der Waals surface area contributed by atoms with Crippen molar-refractivity contribution in [2.24, 2.45) is 0 Å². The fourth-order valence-electron chi connectivity index (χ4n) is 2.04. The molecule has 1 atom stereocenters. The smallest absolute Gasteiger partial charge is 0.159 e. The normalized spacial score (nSPS) is 19.1. The third kappa shape index (κ3) is 2.96. The first-order valence-electron chi connectivity index (χ1n) is 6.12. The number of allylic oxidation sites excluding steroid dienone is 1. The van der Waals surface area contributed by atoms with Crippen molar-refractivity contribution in [2.45, 2.75) is 39.2 Å². The fourth-order valence-corrected chi connectivity index (χ4v) is 2.04. The number of hydrogen-bond donors (Lipinski definition) is 0. The molecule has 2 rings (SSSR count). The Hall–Kier alpha value is -1.57. The highest BCUT2D eigenvalue weighted by Gasteiger charge is 2.12. The SMILES string of the molecule is CC(=O)c1ccc(OC2C=CCCC2)c(C)c1. The number of ketones is 1. The summed E-state index contributed by atoms with van der Waals surface area (Å²) < 4.78 is 5.92. The second kappa shape index (κ2) is 5.17. The molecular weight excluding hydrogens is 212 g/mol. The molecule has 0 spiro atoms. The molecule has 0 aliphatic heterocycles. The van der Waals surface area contributed by atoms with E-state index in [9.17, 15) is 4.79 Å². The third-order valence-electron chi connectivity index (χ3n) is 3.07. The molecule has 17 heavy (non-hydrogen) atoms. The van der Waals surface area contributed by atoms with Crippen LogP contribution in [0.15, 0.2) is 30.4 Å². The van der Waals surface area contributed by atoms with Gasteiger partial charge in [0.1, 0.15) is 11.9 Å². The van der Waals surface area contributed by atoms with Crippen LogP contribution in [0.25, 0.3) is 0 Å². The van der Waals surface area contributed by atoms with Crippen LogP contribution < -0.4 is 4.74 Å². The summed E-state index contributed by atoms with van der Waals surface area (Å²) >= 11 is 0. The van der Waals surface area contributed by atoms with E-state index in [1.807, 2.05) is 25.1 Å². The summed E-state index contributed by atoms with van der Waals surface area (Å²) in [6, 6.07) is 5.62. The average molecular weight is 230 g/mol. The molecule has 1 aliphatic rings. The zero-order valence-corrected chi connectivity index (χ0v) is 10.4. The molecule has 2 heteroatoms. The van der Waals surface area contributed by atoms with Crippen LogP contribution in [0.5, 0.6) is 5.75 Å². The lowest BCUT2D eigenvalue weighted by Gasteiger charge is -2.19. The van der Waals surface area contributed by atoms with Crippen molar-refractivity contribution in [2.75, 3.05) is 0 Å². The standard InChI is InChI=1S/C15H18O2/c1-11-10-13(12(2)16)8-9-15(11)17-14-6-4-3-5-7-14/h4,6,8-10,14H,3,5,7H2,1-2H3. The maximum Gasteiger partial charge on any atom is 0.159 e. The summed E-state index contributed by atoms with van der Waals surface area (Å²) in [5.74, 6) is 0.976. The molecule has 1 aliphatic carbocycles. The van der Waals surface area contributed by atoms with E-state index in [0.29, 0.717) is 0 Å². The summed E-state index contributed by atoms with van der Waals surface area (Å²) in [6.07, 6.45) is 7.90. The first kappa shape index (κ1) is 11.9. The molecule has 0 aromatic heterocycles. The lowest BCUT2D eigenvalue weighted by molar-refractivity contribution is 0.101. The minimum absolute atomic E-state index is 0.0946. The van der Waals surface area contributed by atoms with E-state index >= 15 is 0 Å². The van der Waals surface area contributed by atoms with Gasteiger partial charge in [-0.1, -0.05) is 6.08 Å². The highest BCUT2D eigenvalue weighted by Crippen LogP contribution is 2.23. The molecule has 1 aromatic carbocycles. The van der Waals surface area contributed by atoms with Crippen LogP contribution in [0.3, 0.4) is 0 Å². The first-order chi connectivity index (χ1) is 8.16. The van der Waals surface area contributed by atoms with E-state index in [1.165, 1.54) is 6.42 Å². The molecule has 0 radical (unpaired) electrons. The minimum Gasteiger partial charge on any atom is -0.486 e. The van der Waals surface area contributed by atoms with E-state index in [1.54, 1.807) is 6.92 Å². The summed E-state index contributed by atoms with van der Waals surface area (Å²) in [4.78, 5) is 11.2. The summed E-state index contributed by atoms with van der Waals surface area (Å²) in [5.41, 5.74) is 1.77. The Morgan fingerprint density at radius 1 is 1.41 bits per heavy atom. The van der Waals surface area contributed by atoms with Gasteiger partial charge >= 0.3 is 0 Å². The zero-order chi connectivity index (χ0) is 12.3. The number of aryl methyl sites for hydroxylation is 1. The molecule has 1 unspecified atom stereocenters. The Morgan fingerprint density at radius 3 is 2.82 bits per heavy atom. The van der Waals surface area contributed by atoms with Crippen molar-refractivity contribution in [3.05, 3.63) is 41.5 Å². The van der Waals surface area contributed by atoms with E-state index in [4.69, 9.17) is 4.74 Å². The molecule has 0 bridgehead atoms. The van der Waals surface area contributed by atoms with E-state index < -0.39 is 0 Å². The van der Waals surface area contributed by atoms with Gasteiger partial charge in [0.25, 0.3) is 0 Å². The summed E-state index contributed by atoms with van der Waals surface area (Å²) in [7, 11) is 0. The van der Waals surface area contributed by atoms with Gasteiger partial charge in [0, 0.05) is 5.56 Å². The largest absolute Gasteiger partial charge is 0.486 e. The summed E-state index contributed by atoms with van der Waals surface area (Å²) in [5, 5.41) is 0. The monoisotopic (exact) mass is 230 g/mol. The number of carbonyl (C=O) groups excluding carboxylic acids is 1. The Kier molecular flexibility index (Phi) is 3.62. The van der Waals surface area contributed by atoms with E-state index in [2.05, 4.69) is 12.2 Å². The van der Waals surface area contributed by atoms with E-state index in [0.717, 1.165) is 29.7 Å². The van der Waals surface area contributed by atoms with Crippen LogP contribution in [0.4, 0.5) is 0 Å². The van der Waals surface area contributed by atoms with Crippen molar-refractivity contribution >= 4 is 5.78 Å². The van der Waals surface area contributed by atoms with Gasteiger partial charge in [-0.05, 0) is 62.9 Å². The third-order valence-corrected chi connectivity index (χ3v) is 3.07. The van der Waals surface area contributed by atoms with Gasteiger partial charge < -0.3 is 4.74 Å². The van der Waals surface area contributed by atoms with Crippen LogP contribution in [0.2, 0.25) is 0 Å². The molecule has 2 nitrogen and oxygen atoms in total. The quantitative estimate of drug-likeness (QED) is 0.584. The van der Waals surface area contributed by atoms with Gasteiger partial charge in [-0.15, -0.1) is 0 Å². The second-order valence-corrected chi connectivity index (χ2v) is 4.55. The van der Waals surface area contributed by atoms with Crippen molar-refractivity contribution < 1.29 is 9.53 Å². The molecule has 0 saturated carbocycles. The van der Waals surface area contributed by atoms with Crippen LogP contribution in [0.1, 0.15) is 42.1 Å². The number of carbonyl (C=O) groups is 1. The van der Waals surface area contributed by atoms with E-state index in [-0.39, 0.29) is 11.9 Å². The topological polar surface area (TPSA) is 26.3 Å². The van der Waals surface area contributed by atoms with Gasteiger partial charge in [-0.2, -0.15) is 0 Å². The Labute approximate surface area is 102 Å². The lowest BCUT2D eigenvalue weighted by Crippen LogP contribution is -2.16. The highest BCUT2D eigenvalue weighted by atomic mass is 16.5. The number of Topliss-reactive ketones (excluding diaryl/α,β-unsaturated/α-hetero) is 1. The predicted octanol–water partition coefficient (Wildman–Crippen LogP) is 3.69. The maximum atomic E-state index is 11.2. The molecule has 1 aromatic rings. The number of rotatable bonds is 3. The maximum absolute atomic E-state index is 11.2. The average Bonchev–Trinajstić information content (AvgIpc) is 2.33. The summed E-state index contributed by atoms with van der Waals surface area (Å²) in [6.45, 7) is 3.56. The van der Waals surface area contributed by atoms with Crippen molar-refractivity contribution in [3.63, 3.8) is 0 Å². The fraction of sp³-hybridized carbons (Fsp3) is 0.400. The van der Waals surface area contributed by atoms with Crippen LogP contribution in [-0.2, 0) is 0 Å². The van der Waals surface area contributed by atoms with Crippen LogP contribution in [0, 0.1) is 6.92 Å². The lowest BCUT2D eigenvalue weighted by atomic mass is 10.0. The van der Waals surface area contributed by atoms with Crippen LogP contribution in [-0.4, -0.2) is 11.9 Å². The molecule has 0 heterocycles. The molecule has 90 valence electrons. The van der Waals surface area contributed by atoms with Gasteiger partial charge in [-0.3, -0.25) is 4.79 Å². The van der Waals surface area contributed by atoms with Crippen molar-refractivity contribution in [1.29, 1.82) is 0 Å². The molecule has 0 saturated heterocycles. The van der Waals surface area contributed by atoms with Gasteiger partial charge in [0.05, 0.1) is 0 Å². The van der Waals surface area contributed by atoms with Gasteiger partial charge in [-0.25, -0.2) is 0 Å². The van der Waals surface area contributed by atoms with Crippen molar-refractivity contribution in [3.8, 4) is 5.75 Å².